The van der Waals surface area contributed by atoms with Gasteiger partial charge in [-0.05, 0) is 13.0 Å². The van der Waals surface area contributed by atoms with E-state index in [0.717, 1.165) is 0 Å². The average Bonchev–Trinajstić information content (AvgIpc) is 2.04. The molecule has 1 atom stereocenters. The third kappa shape index (κ3) is 1.94. The fraction of sp³-hybridized carbons (Fsp3) is 0.250. The molecular weight excluding hydrogens is 154 g/mol. The summed E-state index contributed by atoms with van der Waals surface area (Å²) in [7, 11) is 0. The number of anilines is 1. The lowest BCUT2D eigenvalue weighted by atomic mass is 10.2. The second kappa shape index (κ2) is 3.69. The van der Waals surface area contributed by atoms with E-state index in [2.05, 4.69) is 10.3 Å². The van der Waals surface area contributed by atoms with Crippen LogP contribution in [0.1, 0.15) is 6.92 Å². The van der Waals surface area contributed by atoms with E-state index in [1.807, 2.05) is 0 Å². The number of aliphatic hydroxyl groups excluding tert-OH is 1. The second-order valence-electron chi connectivity index (χ2n) is 2.44. The normalized spacial score (nSPS) is 11.8. The first-order chi connectivity index (χ1) is 5.74. The molecule has 0 bridgehead atoms. The topological polar surface area (TPSA) is 60.4 Å². The van der Waals surface area contributed by atoms with Crippen LogP contribution in [-0.2, 0) is 0 Å². The van der Waals surface area contributed by atoms with Gasteiger partial charge in [0, 0.05) is 6.07 Å². The van der Waals surface area contributed by atoms with Crippen LogP contribution in [0.4, 0.5) is 11.4 Å². The van der Waals surface area contributed by atoms with Crippen molar-refractivity contribution in [2.75, 3.05) is 5.32 Å². The number of nitrogens with zero attached hydrogens (tertiary/aromatic N) is 2. The first-order valence-electron chi connectivity index (χ1n) is 3.63. The summed E-state index contributed by atoms with van der Waals surface area (Å²) in [5.41, 5.74) is 1.02. The van der Waals surface area contributed by atoms with Gasteiger partial charge in [-0.25, -0.2) is 0 Å². The van der Waals surface area contributed by atoms with Gasteiger partial charge in [0.2, 0.25) is 5.39 Å². The maximum absolute atomic E-state index is 8.99. The predicted molar refractivity (Wildman–Crippen MR) is 46.5 cm³/mol. The highest BCUT2D eigenvalue weighted by molar-refractivity contribution is 5.68. The zero-order valence-electron chi connectivity index (χ0n) is 6.73. The quantitative estimate of drug-likeness (QED) is 0.518. The zero-order chi connectivity index (χ0) is 8.97. The summed E-state index contributed by atoms with van der Waals surface area (Å²) in [5, 5.41) is 20.3. The molecular formula is C8H10N3O+. The smallest absolute Gasteiger partial charge is 0.374 e. The SMILES string of the molecule is CC(O)Nc1ccccc1[N+]#N. The molecule has 0 aliphatic heterocycles. The number of nitrogens with one attached hydrogen (secondary N) is 1. The summed E-state index contributed by atoms with van der Waals surface area (Å²) in [6, 6.07) is 6.91. The molecule has 0 spiro atoms. The molecule has 0 saturated heterocycles. The van der Waals surface area contributed by atoms with Crippen LogP contribution in [0, 0.1) is 5.39 Å². The second-order valence-corrected chi connectivity index (χ2v) is 2.44. The maximum Gasteiger partial charge on any atom is 0.407 e. The zero-order valence-corrected chi connectivity index (χ0v) is 6.73. The largest absolute Gasteiger partial charge is 0.407 e. The standard InChI is InChI=1S/C8H10N3O/c1-6(12)10-7-4-2-3-5-8(7)11-9/h2-6,10,12H,1H3/q+1. The molecule has 4 heteroatoms. The van der Waals surface area contributed by atoms with Gasteiger partial charge >= 0.3 is 5.69 Å². The molecule has 0 aliphatic rings. The molecule has 2 N–H and O–H groups in total. The lowest BCUT2D eigenvalue weighted by Gasteiger charge is -2.05. The first kappa shape index (κ1) is 8.50. The predicted octanol–water partition coefficient (Wildman–Crippen LogP) is 1.92. The van der Waals surface area contributed by atoms with Crippen LogP contribution in [-0.4, -0.2) is 11.3 Å². The fourth-order valence-electron chi connectivity index (χ4n) is 0.908. The molecule has 12 heavy (non-hydrogen) atoms. The Labute approximate surface area is 70.5 Å². The molecule has 0 radical (unpaired) electrons. The summed E-state index contributed by atoms with van der Waals surface area (Å²) in [5.74, 6) is 0. The molecule has 1 aromatic rings. The first-order valence-corrected chi connectivity index (χ1v) is 3.63. The number of benzene rings is 1. The van der Waals surface area contributed by atoms with Crippen molar-refractivity contribution in [3.63, 3.8) is 0 Å². The highest BCUT2D eigenvalue weighted by Gasteiger charge is 2.12. The van der Waals surface area contributed by atoms with Crippen LogP contribution >= 0.6 is 0 Å². The maximum atomic E-state index is 8.99. The van der Waals surface area contributed by atoms with Crippen molar-refractivity contribution in [1.29, 1.82) is 5.39 Å². The Morgan fingerprint density at radius 1 is 1.50 bits per heavy atom. The fourth-order valence-corrected chi connectivity index (χ4v) is 0.908. The van der Waals surface area contributed by atoms with Crippen LogP contribution in [0.5, 0.6) is 0 Å². The van der Waals surface area contributed by atoms with Crippen LogP contribution in [0.2, 0.25) is 0 Å². The van der Waals surface area contributed by atoms with Crippen LogP contribution in [0.25, 0.3) is 4.98 Å². The number of para-hydroxylation sites is 1. The Kier molecular flexibility index (Phi) is 2.62. The summed E-state index contributed by atoms with van der Waals surface area (Å²) in [6.45, 7) is 1.59. The molecule has 62 valence electrons. The minimum absolute atomic E-state index is 0.415. The van der Waals surface area contributed by atoms with Crippen LogP contribution in [0.3, 0.4) is 0 Å². The van der Waals surface area contributed by atoms with E-state index in [1.165, 1.54) is 0 Å². The van der Waals surface area contributed by atoms with Crippen molar-refractivity contribution in [2.45, 2.75) is 13.2 Å². The van der Waals surface area contributed by atoms with E-state index in [-0.39, 0.29) is 0 Å². The van der Waals surface area contributed by atoms with Crippen molar-refractivity contribution < 1.29 is 5.11 Å². The van der Waals surface area contributed by atoms with Gasteiger partial charge in [0.25, 0.3) is 0 Å². The van der Waals surface area contributed by atoms with Gasteiger partial charge in [-0.1, -0.05) is 12.1 Å². The summed E-state index contributed by atoms with van der Waals surface area (Å²) in [6.07, 6.45) is -0.659. The average molecular weight is 164 g/mol. The van der Waals surface area contributed by atoms with E-state index in [1.54, 1.807) is 31.2 Å². The molecule has 1 rings (SSSR count). The monoisotopic (exact) mass is 164 g/mol. The van der Waals surface area contributed by atoms with Crippen molar-refractivity contribution in [1.82, 2.24) is 0 Å². The van der Waals surface area contributed by atoms with Gasteiger partial charge in [0.05, 0.1) is 0 Å². The molecule has 1 aromatic carbocycles. The minimum Gasteiger partial charge on any atom is -0.374 e. The number of hydrogen-bond acceptors (Lipinski definition) is 3. The van der Waals surface area contributed by atoms with Gasteiger partial charge < -0.3 is 10.4 Å². The van der Waals surface area contributed by atoms with Gasteiger partial charge in [-0.15, -0.1) is 0 Å². The van der Waals surface area contributed by atoms with Crippen molar-refractivity contribution in [3.05, 3.63) is 29.2 Å². The van der Waals surface area contributed by atoms with Crippen LogP contribution < -0.4 is 5.32 Å². The summed E-state index contributed by atoms with van der Waals surface area (Å²) >= 11 is 0. The molecule has 0 aromatic heterocycles. The van der Waals surface area contributed by atoms with Crippen molar-refractivity contribution in [2.24, 2.45) is 0 Å². The summed E-state index contributed by atoms with van der Waals surface area (Å²) < 4.78 is 0. The van der Waals surface area contributed by atoms with Crippen LogP contribution in [0.15, 0.2) is 24.3 Å². The number of rotatable bonds is 2. The molecule has 0 fully saturated rings. The van der Waals surface area contributed by atoms with Gasteiger partial charge in [0.15, 0.2) is 4.98 Å². The highest BCUT2D eigenvalue weighted by atomic mass is 16.3. The van der Waals surface area contributed by atoms with E-state index in [0.29, 0.717) is 11.4 Å². The molecule has 0 heterocycles. The van der Waals surface area contributed by atoms with Crippen molar-refractivity contribution >= 4 is 11.4 Å². The number of hydrogen-bond donors (Lipinski definition) is 2. The Balaban J connectivity index is 2.91. The van der Waals surface area contributed by atoms with E-state index < -0.39 is 6.23 Å². The molecule has 0 aliphatic carbocycles. The van der Waals surface area contributed by atoms with E-state index >= 15 is 0 Å². The van der Waals surface area contributed by atoms with Gasteiger partial charge in [0.1, 0.15) is 11.9 Å². The van der Waals surface area contributed by atoms with E-state index in [9.17, 15) is 0 Å². The third-order valence-electron chi connectivity index (χ3n) is 1.38. The van der Waals surface area contributed by atoms with Gasteiger partial charge in [-0.3, -0.25) is 0 Å². The lowest BCUT2D eigenvalue weighted by molar-refractivity contribution is 0.224. The Bertz CT molecular complexity index is 303. The molecule has 0 amide bonds. The molecule has 4 nitrogen and oxygen atoms in total. The number of diazo groups is 1. The Morgan fingerprint density at radius 2 is 2.17 bits per heavy atom. The van der Waals surface area contributed by atoms with Crippen molar-refractivity contribution in [3.8, 4) is 0 Å². The summed E-state index contributed by atoms with van der Waals surface area (Å²) in [4.78, 5) is 3.05. The number of aliphatic hydroxyl groups is 1. The third-order valence-corrected chi connectivity index (χ3v) is 1.38. The Hall–Kier alpha value is -1.60. The van der Waals surface area contributed by atoms with E-state index in [4.69, 9.17) is 10.5 Å². The highest BCUT2D eigenvalue weighted by Crippen LogP contribution is 2.23. The minimum atomic E-state index is -0.659. The lowest BCUT2D eigenvalue weighted by Crippen LogP contribution is -2.12. The van der Waals surface area contributed by atoms with Gasteiger partial charge in [-0.2, -0.15) is 0 Å². The Morgan fingerprint density at radius 3 is 2.75 bits per heavy atom. The molecule has 1 unspecified atom stereocenters. The molecule has 0 saturated carbocycles.